The van der Waals surface area contributed by atoms with Crippen molar-refractivity contribution in [2.75, 3.05) is 6.54 Å². The molecule has 96 valence electrons. The first kappa shape index (κ1) is 12.8. The Hall–Kier alpha value is -1.65. The molecule has 0 aliphatic carbocycles. The van der Waals surface area contributed by atoms with E-state index in [-0.39, 0.29) is 0 Å². The van der Waals surface area contributed by atoms with Crippen molar-refractivity contribution in [3.8, 4) is 5.69 Å². The number of hydrogen-bond acceptors (Lipinski definition) is 3. The molecule has 2 aromatic rings. The van der Waals surface area contributed by atoms with E-state index in [1.54, 1.807) is 10.9 Å². The Morgan fingerprint density at radius 3 is 2.61 bits per heavy atom. The van der Waals surface area contributed by atoms with Crippen LogP contribution >= 0.6 is 0 Å². The molecule has 0 amide bonds. The Morgan fingerprint density at radius 2 is 1.94 bits per heavy atom. The fourth-order valence-electron chi connectivity index (χ4n) is 1.80. The number of aliphatic hydroxyl groups excluding tert-OH is 1. The van der Waals surface area contributed by atoms with Crippen molar-refractivity contribution in [2.24, 2.45) is 0 Å². The molecule has 2 rings (SSSR count). The van der Waals surface area contributed by atoms with Crippen LogP contribution in [0.3, 0.4) is 0 Å². The van der Waals surface area contributed by atoms with Crippen molar-refractivity contribution in [1.29, 1.82) is 0 Å². The summed E-state index contributed by atoms with van der Waals surface area (Å²) in [6, 6.07) is 12.0. The van der Waals surface area contributed by atoms with Gasteiger partial charge in [0.1, 0.15) is 6.10 Å². The van der Waals surface area contributed by atoms with Gasteiger partial charge in [-0.15, -0.1) is 0 Å². The monoisotopic (exact) mass is 245 g/mol. The van der Waals surface area contributed by atoms with Gasteiger partial charge in [0, 0.05) is 18.8 Å². The molecule has 0 spiro atoms. The summed E-state index contributed by atoms with van der Waals surface area (Å²) in [7, 11) is 0. The summed E-state index contributed by atoms with van der Waals surface area (Å²) in [5.41, 5.74) is 1.76. The van der Waals surface area contributed by atoms with Gasteiger partial charge in [-0.3, -0.25) is 0 Å². The molecule has 0 bridgehead atoms. The van der Waals surface area contributed by atoms with Crippen molar-refractivity contribution in [3.63, 3.8) is 0 Å². The highest BCUT2D eigenvalue weighted by Crippen LogP contribution is 2.16. The van der Waals surface area contributed by atoms with E-state index in [1.165, 1.54) is 0 Å². The lowest BCUT2D eigenvalue weighted by molar-refractivity contribution is 0.164. The molecule has 0 aliphatic heterocycles. The molecule has 0 fully saturated rings. The van der Waals surface area contributed by atoms with Crippen LogP contribution in [0.15, 0.2) is 42.6 Å². The van der Waals surface area contributed by atoms with E-state index in [0.717, 1.165) is 11.4 Å². The molecule has 1 heterocycles. The molecule has 18 heavy (non-hydrogen) atoms. The number of aromatic nitrogens is 2. The van der Waals surface area contributed by atoms with Crippen LogP contribution in [0, 0.1) is 0 Å². The Labute approximate surface area is 107 Å². The fraction of sp³-hybridized carbons (Fsp3) is 0.357. The summed E-state index contributed by atoms with van der Waals surface area (Å²) in [5, 5.41) is 17.7. The van der Waals surface area contributed by atoms with E-state index in [4.69, 9.17) is 0 Å². The highest BCUT2D eigenvalue weighted by Gasteiger charge is 2.14. The van der Waals surface area contributed by atoms with Crippen molar-refractivity contribution < 1.29 is 5.11 Å². The second kappa shape index (κ2) is 5.80. The molecular weight excluding hydrogens is 226 g/mol. The highest BCUT2D eigenvalue weighted by atomic mass is 16.3. The maximum atomic E-state index is 10.2. The third-order valence-corrected chi connectivity index (χ3v) is 2.73. The summed E-state index contributed by atoms with van der Waals surface area (Å²) in [5.74, 6) is 0. The van der Waals surface area contributed by atoms with Gasteiger partial charge in [-0.2, -0.15) is 5.10 Å². The van der Waals surface area contributed by atoms with Gasteiger partial charge in [-0.1, -0.05) is 32.0 Å². The van der Waals surface area contributed by atoms with Crippen LogP contribution in [0.1, 0.15) is 25.6 Å². The number of rotatable bonds is 5. The topological polar surface area (TPSA) is 50.1 Å². The van der Waals surface area contributed by atoms with Gasteiger partial charge >= 0.3 is 0 Å². The van der Waals surface area contributed by atoms with Crippen molar-refractivity contribution in [1.82, 2.24) is 15.1 Å². The summed E-state index contributed by atoms with van der Waals surface area (Å²) >= 11 is 0. The quantitative estimate of drug-likeness (QED) is 0.846. The molecule has 2 N–H and O–H groups in total. The molecule has 4 heteroatoms. The van der Waals surface area contributed by atoms with Crippen LogP contribution in [0.25, 0.3) is 5.69 Å². The summed E-state index contributed by atoms with van der Waals surface area (Å²) < 4.78 is 1.77. The van der Waals surface area contributed by atoms with Crippen LogP contribution < -0.4 is 5.32 Å². The normalized spacial score (nSPS) is 12.9. The maximum Gasteiger partial charge on any atom is 0.108 e. The second-order valence-corrected chi connectivity index (χ2v) is 4.58. The zero-order valence-corrected chi connectivity index (χ0v) is 10.7. The molecule has 0 aliphatic rings. The zero-order chi connectivity index (χ0) is 13.0. The third-order valence-electron chi connectivity index (χ3n) is 2.73. The summed E-state index contributed by atoms with van der Waals surface area (Å²) in [4.78, 5) is 0. The molecule has 0 saturated heterocycles. The van der Waals surface area contributed by atoms with E-state index in [2.05, 4.69) is 24.3 Å². The number of benzene rings is 1. The predicted octanol–water partition coefficient (Wildman–Crippen LogP) is 1.90. The molecule has 0 radical (unpaired) electrons. The van der Waals surface area contributed by atoms with Gasteiger partial charge in [-0.25, -0.2) is 4.68 Å². The van der Waals surface area contributed by atoms with Crippen molar-refractivity contribution in [3.05, 3.63) is 48.3 Å². The highest BCUT2D eigenvalue weighted by molar-refractivity contribution is 5.32. The SMILES string of the molecule is CC(C)NCC(O)c1ccnn1-c1ccccc1. The number of aliphatic hydroxyl groups is 1. The van der Waals surface area contributed by atoms with Gasteiger partial charge in [0.2, 0.25) is 0 Å². The van der Waals surface area contributed by atoms with Gasteiger partial charge < -0.3 is 10.4 Å². The first-order valence-corrected chi connectivity index (χ1v) is 6.19. The minimum absolute atomic E-state index is 0.354. The maximum absolute atomic E-state index is 10.2. The Kier molecular flexibility index (Phi) is 4.12. The van der Waals surface area contributed by atoms with Crippen molar-refractivity contribution >= 4 is 0 Å². The number of nitrogens with zero attached hydrogens (tertiary/aromatic N) is 2. The van der Waals surface area contributed by atoms with Crippen molar-refractivity contribution in [2.45, 2.75) is 26.0 Å². The number of para-hydroxylation sites is 1. The van der Waals surface area contributed by atoms with Crippen LogP contribution in [0.4, 0.5) is 0 Å². The summed E-state index contributed by atoms with van der Waals surface area (Å²) in [6.45, 7) is 4.64. The lowest BCUT2D eigenvalue weighted by atomic mass is 10.2. The average Bonchev–Trinajstić information content (AvgIpc) is 2.86. The van der Waals surface area contributed by atoms with E-state index in [9.17, 15) is 5.11 Å². The molecule has 0 saturated carbocycles. The van der Waals surface area contributed by atoms with Crippen LogP contribution in [-0.2, 0) is 0 Å². The van der Waals surface area contributed by atoms with E-state index >= 15 is 0 Å². The predicted molar refractivity (Wildman–Crippen MR) is 71.7 cm³/mol. The fourth-order valence-corrected chi connectivity index (χ4v) is 1.80. The Bertz CT molecular complexity index is 479. The lowest BCUT2D eigenvalue weighted by Crippen LogP contribution is -2.28. The molecule has 1 aromatic heterocycles. The molecule has 4 nitrogen and oxygen atoms in total. The average molecular weight is 245 g/mol. The first-order valence-electron chi connectivity index (χ1n) is 6.19. The number of nitrogens with one attached hydrogen (secondary N) is 1. The van der Waals surface area contributed by atoms with Gasteiger partial charge in [0.15, 0.2) is 0 Å². The van der Waals surface area contributed by atoms with Gasteiger partial charge in [0.25, 0.3) is 0 Å². The van der Waals surface area contributed by atoms with Crippen LogP contribution in [-0.4, -0.2) is 27.5 Å². The molecule has 1 atom stereocenters. The van der Waals surface area contributed by atoms with Gasteiger partial charge in [0.05, 0.1) is 11.4 Å². The zero-order valence-electron chi connectivity index (χ0n) is 10.7. The largest absolute Gasteiger partial charge is 0.385 e. The smallest absolute Gasteiger partial charge is 0.108 e. The lowest BCUT2D eigenvalue weighted by Gasteiger charge is -2.15. The summed E-state index contributed by atoms with van der Waals surface area (Å²) in [6.07, 6.45) is 1.15. The number of hydrogen-bond donors (Lipinski definition) is 2. The standard InChI is InChI=1S/C14H19N3O/c1-11(2)15-10-14(18)13-8-9-16-17(13)12-6-4-3-5-7-12/h3-9,11,14-15,18H,10H2,1-2H3. The first-order chi connectivity index (χ1) is 8.68. The third kappa shape index (κ3) is 2.97. The minimum atomic E-state index is -0.560. The Morgan fingerprint density at radius 1 is 1.22 bits per heavy atom. The molecule has 1 unspecified atom stereocenters. The molecule has 1 aromatic carbocycles. The van der Waals surface area contributed by atoms with Crippen LogP contribution in [0.5, 0.6) is 0 Å². The van der Waals surface area contributed by atoms with Crippen LogP contribution in [0.2, 0.25) is 0 Å². The van der Waals surface area contributed by atoms with E-state index in [1.807, 2.05) is 36.4 Å². The Balaban J connectivity index is 2.17. The second-order valence-electron chi connectivity index (χ2n) is 4.58. The molecular formula is C14H19N3O. The van der Waals surface area contributed by atoms with E-state index in [0.29, 0.717) is 12.6 Å². The van der Waals surface area contributed by atoms with Gasteiger partial charge in [-0.05, 0) is 18.2 Å². The van der Waals surface area contributed by atoms with E-state index < -0.39 is 6.10 Å². The minimum Gasteiger partial charge on any atom is -0.385 e.